The van der Waals surface area contributed by atoms with Gasteiger partial charge >= 0.3 is 0 Å². The van der Waals surface area contributed by atoms with Gasteiger partial charge in [0, 0.05) is 44.3 Å². The van der Waals surface area contributed by atoms with E-state index in [1.807, 2.05) is 48.2 Å². The van der Waals surface area contributed by atoms with Gasteiger partial charge in [0.15, 0.2) is 10.9 Å². The molecule has 1 aliphatic heterocycles. The van der Waals surface area contributed by atoms with Crippen LogP contribution in [0.15, 0.2) is 36.4 Å². The molecule has 0 unspecified atom stereocenters. The Bertz CT molecular complexity index is 966. The number of hydrogen-bond acceptors (Lipinski definition) is 6. The lowest BCUT2D eigenvalue weighted by Crippen LogP contribution is -2.48. The van der Waals surface area contributed by atoms with Crippen LogP contribution in [-0.2, 0) is 4.79 Å². The van der Waals surface area contributed by atoms with Crippen LogP contribution in [-0.4, -0.2) is 83.4 Å². The standard InChI is InChI=1S/C24H32N6O2S/c1-3-25-24(33)30(19-8-9-19)17-23(31)29-13-5-12-28(14-15-29)22-11-10-21(26-27-22)18-6-4-7-20(16-18)32-2/h4,6-7,10-11,16,19H,3,5,8-9,12-15,17H2,1-2H3,(H,25,33). The van der Waals surface area contributed by atoms with Crippen LogP contribution in [0.25, 0.3) is 11.3 Å². The molecule has 2 fully saturated rings. The van der Waals surface area contributed by atoms with E-state index in [4.69, 9.17) is 17.0 Å². The number of thiocarbonyl (C=S) groups is 1. The van der Waals surface area contributed by atoms with E-state index >= 15 is 0 Å². The second-order valence-corrected chi connectivity index (χ2v) is 8.81. The van der Waals surface area contributed by atoms with Gasteiger partial charge in [-0.2, -0.15) is 0 Å². The first-order valence-electron chi connectivity index (χ1n) is 11.6. The van der Waals surface area contributed by atoms with Crippen molar-refractivity contribution >= 4 is 29.1 Å². The van der Waals surface area contributed by atoms with Crippen LogP contribution in [0.3, 0.4) is 0 Å². The Hall–Kier alpha value is -2.94. The Morgan fingerprint density at radius 2 is 2.03 bits per heavy atom. The smallest absolute Gasteiger partial charge is 0.242 e. The lowest BCUT2D eigenvalue weighted by atomic mass is 10.1. The normalized spacial score (nSPS) is 16.2. The molecular formula is C24H32N6O2S. The van der Waals surface area contributed by atoms with E-state index in [0.29, 0.717) is 24.2 Å². The van der Waals surface area contributed by atoms with Crippen molar-refractivity contribution in [2.75, 3.05) is 51.3 Å². The minimum Gasteiger partial charge on any atom is -0.497 e. The Balaban J connectivity index is 1.35. The number of rotatable bonds is 7. The third-order valence-electron chi connectivity index (χ3n) is 6.07. The van der Waals surface area contributed by atoms with Crippen LogP contribution >= 0.6 is 12.2 Å². The zero-order valence-corrected chi connectivity index (χ0v) is 20.2. The highest BCUT2D eigenvalue weighted by Crippen LogP contribution is 2.27. The van der Waals surface area contributed by atoms with Crippen molar-refractivity contribution in [2.45, 2.75) is 32.2 Å². The molecule has 8 nitrogen and oxygen atoms in total. The molecule has 1 aliphatic carbocycles. The van der Waals surface area contributed by atoms with Crippen LogP contribution in [0.4, 0.5) is 5.82 Å². The number of nitrogens with zero attached hydrogens (tertiary/aromatic N) is 5. The van der Waals surface area contributed by atoms with Crippen LogP contribution in [0.5, 0.6) is 5.75 Å². The number of hydrogen-bond donors (Lipinski definition) is 1. The van der Waals surface area contributed by atoms with Gasteiger partial charge < -0.3 is 24.8 Å². The van der Waals surface area contributed by atoms with E-state index in [0.717, 1.165) is 68.3 Å². The average molecular weight is 469 g/mol. The Labute approximate surface area is 200 Å². The average Bonchev–Trinajstić information content (AvgIpc) is 3.70. The number of anilines is 1. The summed E-state index contributed by atoms with van der Waals surface area (Å²) in [5, 5.41) is 12.8. The SMILES string of the molecule is CCNC(=S)N(CC(=O)N1CCCN(c2ccc(-c3cccc(OC)c3)nn2)CC1)C1CC1. The van der Waals surface area contributed by atoms with Crippen molar-refractivity contribution in [2.24, 2.45) is 0 Å². The van der Waals surface area contributed by atoms with E-state index in [-0.39, 0.29) is 5.91 Å². The Kier molecular flexibility index (Phi) is 7.59. The minimum absolute atomic E-state index is 0.142. The molecule has 33 heavy (non-hydrogen) atoms. The van der Waals surface area contributed by atoms with E-state index in [1.54, 1.807) is 7.11 Å². The van der Waals surface area contributed by atoms with E-state index < -0.39 is 0 Å². The van der Waals surface area contributed by atoms with Crippen molar-refractivity contribution in [3.8, 4) is 17.0 Å². The van der Waals surface area contributed by atoms with Gasteiger partial charge in [0.2, 0.25) is 5.91 Å². The van der Waals surface area contributed by atoms with Crippen LogP contribution < -0.4 is 15.0 Å². The summed E-state index contributed by atoms with van der Waals surface area (Å²) < 4.78 is 5.30. The molecule has 1 aromatic carbocycles. The van der Waals surface area contributed by atoms with E-state index in [2.05, 4.69) is 25.3 Å². The molecule has 2 aliphatic rings. The number of benzene rings is 1. The molecule has 1 saturated carbocycles. The summed E-state index contributed by atoms with van der Waals surface area (Å²) in [6.07, 6.45) is 3.11. The van der Waals surface area contributed by atoms with Crippen molar-refractivity contribution in [3.05, 3.63) is 36.4 Å². The van der Waals surface area contributed by atoms with Gasteiger partial charge in [-0.15, -0.1) is 10.2 Å². The molecular weight excluding hydrogens is 436 g/mol. The summed E-state index contributed by atoms with van der Waals surface area (Å²) in [6, 6.07) is 12.2. The Morgan fingerprint density at radius 1 is 1.18 bits per heavy atom. The van der Waals surface area contributed by atoms with Crippen molar-refractivity contribution in [3.63, 3.8) is 0 Å². The van der Waals surface area contributed by atoms with Crippen molar-refractivity contribution in [1.82, 2.24) is 25.3 Å². The predicted molar refractivity (Wildman–Crippen MR) is 133 cm³/mol. The topological polar surface area (TPSA) is 73.8 Å². The second kappa shape index (κ2) is 10.8. The van der Waals surface area contributed by atoms with Crippen molar-refractivity contribution < 1.29 is 9.53 Å². The molecule has 1 N–H and O–H groups in total. The van der Waals surface area contributed by atoms with E-state index in [9.17, 15) is 4.79 Å². The second-order valence-electron chi connectivity index (χ2n) is 8.42. The fourth-order valence-corrected chi connectivity index (χ4v) is 4.44. The zero-order chi connectivity index (χ0) is 23.2. The fourth-order valence-electron chi connectivity index (χ4n) is 4.08. The van der Waals surface area contributed by atoms with Crippen molar-refractivity contribution in [1.29, 1.82) is 0 Å². The third kappa shape index (κ3) is 5.90. The maximum Gasteiger partial charge on any atom is 0.242 e. The van der Waals surface area contributed by atoms with Gasteiger partial charge in [0.1, 0.15) is 5.75 Å². The number of amides is 1. The van der Waals surface area contributed by atoms with Gasteiger partial charge in [-0.25, -0.2) is 0 Å². The maximum absolute atomic E-state index is 13.0. The molecule has 4 rings (SSSR count). The number of aromatic nitrogens is 2. The summed E-state index contributed by atoms with van der Waals surface area (Å²) >= 11 is 5.49. The maximum atomic E-state index is 13.0. The molecule has 0 radical (unpaired) electrons. The number of nitrogens with one attached hydrogen (secondary N) is 1. The van der Waals surface area contributed by atoms with Crippen LogP contribution in [0.1, 0.15) is 26.2 Å². The lowest BCUT2D eigenvalue weighted by Gasteiger charge is -2.28. The highest BCUT2D eigenvalue weighted by atomic mass is 32.1. The summed E-state index contributed by atoms with van der Waals surface area (Å²) in [7, 11) is 1.65. The molecule has 9 heteroatoms. The highest BCUT2D eigenvalue weighted by Gasteiger charge is 2.33. The summed E-state index contributed by atoms with van der Waals surface area (Å²) in [4.78, 5) is 19.3. The molecule has 176 valence electrons. The van der Waals surface area contributed by atoms with Gasteiger partial charge in [-0.05, 0) is 62.7 Å². The number of ether oxygens (including phenoxy) is 1. The molecule has 2 aromatic rings. The zero-order valence-electron chi connectivity index (χ0n) is 19.4. The molecule has 0 spiro atoms. The number of carbonyl (C=O) groups excluding carboxylic acids is 1. The highest BCUT2D eigenvalue weighted by molar-refractivity contribution is 7.80. The first-order valence-corrected chi connectivity index (χ1v) is 12.0. The first-order chi connectivity index (χ1) is 16.1. The molecule has 1 amide bonds. The fraction of sp³-hybridized carbons (Fsp3) is 0.500. The minimum atomic E-state index is 0.142. The number of carbonyl (C=O) groups is 1. The molecule has 2 heterocycles. The molecule has 0 atom stereocenters. The van der Waals surface area contributed by atoms with Crippen LogP contribution in [0.2, 0.25) is 0 Å². The Morgan fingerprint density at radius 3 is 2.73 bits per heavy atom. The van der Waals surface area contributed by atoms with Gasteiger partial charge in [0.25, 0.3) is 0 Å². The van der Waals surface area contributed by atoms with Gasteiger partial charge in [0.05, 0.1) is 19.3 Å². The summed E-state index contributed by atoms with van der Waals surface area (Å²) in [5.74, 6) is 1.77. The first kappa shape index (κ1) is 23.2. The number of methoxy groups -OCH3 is 1. The molecule has 1 aromatic heterocycles. The van der Waals surface area contributed by atoms with Crippen LogP contribution in [0, 0.1) is 0 Å². The largest absolute Gasteiger partial charge is 0.497 e. The predicted octanol–water partition coefficient (Wildman–Crippen LogP) is 2.55. The van der Waals surface area contributed by atoms with Gasteiger partial charge in [-0.1, -0.05) is 12.1 Å². The third-order valence-corrected chi connectivity index (χ3v) is 6.45. The van der Waals surface area contributed by atoms with Gasteiger partial charge in [-0.3, -0.25) is 4.79 Å². The molecule has 0 bridgehead atoms. The lowest BCUT2D eigenvalue weighted by molar-refractivity contribution is -0.131. The molecule has 1 saturated heterocycles. The quantitative estimate of drug-likeness (QED) is 0.622. The summed E-state index contributed by atoms with van der Waals surface area (Å²) in [5.41, 5.74) is 1.78. The monoisotopic (exact) mass is 468 g/mol. The van der Waals surface area contributed by atoms with E-state index in [1.165, 1.54) is 0 Å². The summed E-state index contributed by atoms with van der Waals surface area (Å²) in [6.45, 7) is 6.15.